The van der Waals surface area contributed by atoms with Gasteiger partial charge in [0.25, 0.3) is 0 Å². The van der Waals surface area contributed by atoms with Gasteiger partial charge in [0, 0.05) is 22.6 Å². The number of β-lactam (4-membered cyclic amide) rings is 1. The van der Waals surface area contributed by atoms with E-state index >= 15 is 0 Å². The van der Waals surface area contributed by atoms with Crippen LogP contribution in [0.5, 0.6) is 0 Å². The van der Waals surface area contributed by atoms with Crippen molar-refractivity contribution < 1.29 is 19.8 Å². The zero-order valence-electron chi connectivity index (χ0n) is 16.4. The van der Waals surface area contributed by atoms with Crippen molar-refractivity contribution in [3.63, 3.8) is 0 Å². The van der Waals surface area contributed by atoms with E-state index in [0.29, 0.717) is 5.25 Å². The highest BCUT2D eigenvalue weighted by molar-refractivity contribution is 8.03. The average Bonchev–Trinajstić information content (AvgIpc) is 3.14. The number of carbonyl (C=O) groups excluding carboxylic acids is 1. The Labute approximate surface area is 165 Å². The van der Waals surface area contributed by atoms with E-state index in [1.807, 2.05) is 14.0 Å². The fraction of sp³-hybridized carbons (Fsp3) is 0.789. The molecule has 0 aromatic rings. The van der Waals surface area contributed by atoms with E-state index in [0.717, 1.165) is 50.3 Å². The van der Waals surface area contributed by atoms with Crippen molar-refractivity contribution in [1.82, 2.24) is 15.1 Å². The molecule has 1 amide bonds. The van der Waals surface area contributed by atoms with Crippen LogP contribution in [0.15, 0.2) is 10.6 Å². The summed E-state index contributed by atoms with van der Waals surface area (Å²) in [5.41, 5.74) is 0.145. The van der Waals surface area contributed by atoms with Crippen LogP contribution in [0.2, 0.25) is 0 Å². The Balaban J connectivity index is 1.64. The molecule has 3 heterocycles. The first-order chi connectivity index (χ1) is 12.9. The van der Waals surface area contributed by atoms with Crippen LogP contribution in [0.3, 0.4) is 0 Å². The number of rotatable bonds is 9. The lowest BCUT2D eigenvalue weighted by molar-refractivity contribution is -0.163. The number of carboxylic acids is 1. The number of thioether (sulfide) groups is 1. The molecule has 27 heavy (non-hydrogen) atoms. The summed E-state index contributed by atoms with van der Waals surface area (Å²) in [6.07, 6.45) is 2.62. The highest BCUT2D eigenvalue weighted by atomic mass is 32.2. The number of hydrogen-bond donors (Lipinski definition) is 3. The normalized spacial score (nSPS) is 32.0. The molecule has 0 aliphatic carbocycles. The van der Waals surface area contributed by atoms with Crippen LogP contribution in [0.1, 0.15) is 33.1 Å². The van der Waals surface area contributed by atoms with Gasteiger partial charge < -0.3 is 25.3 Å². The second-order valence-corrected chi connectivity index (χ2v) is 9.25. The molecule has 1 unspecified atom stereocenters. The minimum Gasteiger partial charge on any atom is -0.477 e. The van der Waals surface area contributed by atoms with Crippen LogP contribution in [-0.4, -0.2) is 82.5 Å². The van der Waals surface area contributed by atoms with E-state index in [1.54, 1.807) is 18.7 Å². The van der Waals surface area contributed by atoms with Gasteiger partial charge in [-0.3, -0.25) is 4.79 Å². The summed E-state index contributed by atoms with van der Waals surface area (Å²) in [5.74, 6) is -1.82. The van der Waals surface area contributed by atoms with Gasteiger partial charge in [-0.1, -0.05) is 6.92 Å². The highest BCUT2D eigenvalue weighted by Crippen LogP contribution is 2.51. The van der Waals surface area contributed by atoms with Gasteiger partial charge >= 0.3 is 5.97 Å². The number of aliphatic hydroxyl groups excluding tert-OH is 1. The van der Waals surface area contributed by atoms with E-state index in [2.05, 4.69) is 10.2 Å². The molecule has 8 heteroatoms. The fourth-order valence-corrected chi connectivity index (χ4v) is 6.11. The smallest absolute Gasteiger partial charge is 0.353 e. The van der Waals surface area contributed by atoms with Gasteiger partial charge in [-0.2, -0.15) is 0 Å². The number of fused-ring (bicyclic) bond motifs is 1. The second kappa shape index (κ2) is 8.51. The quantitative estimate of drug-likeness (QED) is 0.394. The number of carbonyl (C=O) groups is 2. The van der Waals surface area contributed by atoms with Crippen molar-refractivity contribution in [2.75, 3.05) is 33.2 Å². The zero-order chi connectivity index (χ0) is 19.7. The van der Waals surface area contributed by atoms with E-state index in [4.69, 9.17) is 0 Å². The minimum absolute atomic E-state index is 0.0388. The maximum absolute atomic E-state index is 12.4. The molecule has 7 nitrogen and oxygen atoms in total. The molecule has 3 aliphatic rings. The Morgan fingerprint density at radius 2 is 2.15 bits per heavy atom. The molecule has 3 aliphatic heterocycles. The summed E-state index contributed by atoms with van der Waals surface area (Å²) < 4.78 is 0. The average molecular weight is 398 g/mol. The number of nitrogens with one attached hydrogen (secondary N) is 1. The Hall–Kier alpha value is -1.09. The van der Waals surface area contributed by atoms with Crippen molar-refractivity contribution in [3.8, 4) is 0 Å². The summed E-state index contributed by atoms with van der Waals surface area (Å²) in [4.78, 5) is 28.9. The number of hydrogen-bond acceptors (Lipinski definition) is 6. The molecule has 0 radical (unpaired) electrons. The molecule has 3 rings (SSSR count). The lowest BCUT2D eigenvalue weighted by Crippen LogP contribution is -2.63. The van der Waals surface area contributed by atoms with Crippen LogP contribution in [0.25, 0.3) is 0 Å². The first-order valence-electron chi connectivity index (χ1n) is 9.89. The lowest BCUT2D eigenvalue weighted by Gasteiger charge is -2.46. The van der Waals surface area contributed by atoms with Gasteiger partial charge in [0.05, 0.1) is 18.1 Å². The maximum atomic E-state index is 12.4. The fourth-order valence-electron chi connectivity index (χ4n) is 4.59. The molecule has 0 aromatic heterocycles. The van der Waals surface area contributed by atoms with Crippen LogP contribution in [-0.2, 0) is 9.59 Å². The first-order valence-corrected chi connectivity index (χ1v) is 10.8. The number of likely N-dealkylation sites (tertiary alicyclic amines) is 1. The summed E-state index contributed by atoms with van der Waals surface area (Å²) in [5, 5.41) is 23.2. The third-order valence-corrected chi connectivity index (χ3v) is 7.52. The van der Waals surface area contributed by atoms with Crippen molar-refractivity contribution in [1.29, 1.82) is 0 Å². The number of unbranched alkanes of at least 4 members (excludes halogenated alkanes) is 1. The summed E-state index contributed by atoms with van der Waals surface area (Å²) in [7, 11) is 1.97. The Bertz CT molecular complexity index is 624. The van der Waals surface area contributed by atoms with Gasteiger partial charge in [0.1, 0.15) is 5.70 Å². The molecule has 0 spiro atoms. The Kier molecular flexibility index (Phi) is 6.50. The molecule has 0 bridgehead atoms. The number of aliphatic hydroxyl groups is 1. The van der Waals surface area contributed by atoms with E-state index in [-0.39, 0.29) is 23.6 Å². The van der Waals surface area contributed by atoms with Gasteiger partial charge in [-0.05, 0) is 52.9 Å². The predicted octanol–water partition coefficient (Wildman–Crippen LogP) is 0.947. The van der Waals surface area contributed by atoms with Crippen molar-refractivity contribution >= 4 is 23.6 Å². The highest BCUT2D eigenvalue weighted by Gasteiger charge is 2.60. The zero-order valence-corrected chi connectivity index (χ0v) is 17.2. The van der Waals surface area contributed by atoms with E-state index in [9.17, 15) is 19.8 Å². The molecule has 5 atom stereocenters. The summed E-state index contributed by atoms with van der Waals surface area (Å²) in [6, 6.07) is -0.217. The van der Waals surface area contributed by atoms with Crippen LogP contribution >= 0.6 is 11.8 Å². The van der Waals surface area contributed by atoms with E-state index in [1.165, 1.54) is 4.90 Å². The van der Waals surface area contributed by atoms with Gasteiger partial charge in [0.2, 0.25) is 5.91 Å². The summed E-state index contributed by atoms with van der Waals surface area (Å²) in [6.45, 7) is 7.73. The van der Waals surface area contributed by atoms with Crippen molar-refractivity contribution in [3.05, 3.63) is 10.6 Å². The van der Waals surface area contributed by atoms with Gasteiger partial charge in [0.15, 0.2) is 0 Å². The summed E-state index contributed by atoms with van der Waals surface area (Å²) >= 11 is 1.64. The molecule has 152 valence electrons. The topological polar surface area (TPSA) is 93.1 Å². The molecule has 0 saturated carbocycles. The Morgan fingerprint density at radius 1 is 1.41 bits per heavy atom. The van der Waals surface area contributed by atoms with Gasteiger partial charge in [-0.15, -0.1) is 11.8 Å². The monoisotopic (exact) mass is 397 g/mol. The van der Waals surface area contributed by atoms with Crippen LogP contribution in [0.4, 0.5) is 0 Å². The minimum atomic E-state index is -1.04. The SMILES string of the molecule is CNCCCCN1CC[C@@H](SC2=C(C(=O)O)N3C(=O)[C@H](C(C)O)[C@H]3[C@H]2C)C1. The molecule has 2 fully saturated rings. The third kappa shape index (κ3) is 3.90. The number of amides is 1. The van der Waals surface area contributed by atoms with E-state index < -0.39 is 18.0 Å². The molecular formula is C19H31N3O4S. The number of aliphatic carboxylic acids is 1. The standard InChI is InChI=1S/C19H31N3O4S/c1-11-15-14(12(2)23)18(24)22(15)16(19(25)26)17(11)27-13-6-9-21(10-13)8-5-4-7-20-3/h11-15,20,23H,4-10H2,1-3H3,(H,25,26)/t11-,12?,13-,14-,15-/m1/s1. The first kappa shape index (κ1) is 20.6. The molecular weight excluding hydrogens is 366 g/mol. The van der Waals surface area contributed by atoms with Crippen LogP contribution < -0.4 is 5.32 Å². The molecule has 3 N–H and O–H groups in total. The Morgan fingerprint density at radius 3 is 2.78 bits per heavy atom. The van der Waals surface area contributed by atoms with Crippen LogP contribution in [0, 0.1) is 11.8 Å². The number of carboxylic acid groups (broad SMARTS) is 1. The van der Waals surface area contributed by atoms with Crippen molar-refractivity contribution in [2.24, 2.45) is 11.8 Å². The second-order valence-electron chi connectivity index (χ2n) is 7.91. The maximum Gasteiger partial charge on any atom is 0.353 e. The molecule has 0 aromatic carbocycles. The number of nitrogens with zero attached hydrogens (tertiary/aromatic N) is 2. The third-order valence-electron chi connectivity index (χ3n) is 5.98. The van der Waals surface area contributed by atoms with Gasteiger partial charge in [-0.25, -0.2) is 4.79 Å². The molecule has 2 saturated heterocycles. The lowest BCUT2D eigenvalue weighted by atomic mass is 9.79. The predicted molar refractivity (Wildman–Crippen MR) is 105 cm³/mol. The van der Waals surface area contributed by atoms with Crippen molar-refractivity contribution in [2.45, 2.75) is 50.5 Å². The largest absolute Gasteiger partial charge is 0.477 e.